The highest BCUT2D eigenvalue weighted by atomic mass is 79.9. The fraction of sp³-hybridized carbons (Fsp3) is 0.0476. The Morgan fingerprint density at radius 2 is 1.93 bits per heavy atom. The van der Waals surface area contributed by atoms with Crippen LogP contribution in [0.15, 0.2) is 69.1 Å². The quantitative estimate of drug-likeness (QED) is 0.239. The normalized spacial score (nSPS) is 11.0. The monoisotopic (exact) mass is 451 g/mol. The molecule has 3 rings (SSSR count). The summed E-state index contributed by atoms with van der Waals surface area (Å²) < 4.78 is 6.52. The number of nitro groups is 1. The summed E-state index contributed by atoms with van der Waals surface area (Å²) in [5.41, 5.74) is 1.47. The molecule has 0 aliphatic heterocycles. The molecule has 29 heavy (non-hydrogen) atoms. The smallest absolute Gasteiger partial charge is 0.273 e. The molecule has 0 saturated carbocycles. The van der Waals surface area contributed by atoms with Gasteiger partial charge in [-0.2, -0.15) is 5.26 Å². The third-order valence-electron chi connectivity index (χ3n) is 4.07. The lowest BCUT2D eigenvalue weighted by molar-refractivity contribution is -0.385. The largest absolute Gasteiger partial charge is 0.457 e. The van der Waals surface area contributed by atoms with Gasteiger partial charge in [0.1, 0.15) is 23.2 Å². The third-order valence-corrected chi connectivity index (χ3v) is 4.60. The molecule has 0 aliphatic rings. The van der Waals surface area contributed by atoms with Crippen molar-refractivity contribution in [3.63, 3.8) is 0 Å². The number of nitriles is 1. The third kappa shape index (κ3) is 4.78. The molecule has 1 amide bonds. The van der Waals surface area contributed by atoms with Gasteiger partial charge in [0.15, 0.2) is 0 Å². The minimum absolute atomic E-state index is 0.0115. The zero-order chi connectivity index (χ0) is 21.0. The van der Waals surface area contributed by atoms with Crippen LogP contribution < -0.4 is 5.32 Å². The van der Waals surface area contributed by atoms with Gasteiger partial charge in [-0.25, -0.2) is 0 Å². The van der Waals surface area contributed by atoms with Gasteiger partial charge in [0, 0.05) is 33.4 Å². The summed E-state index contributed by atoms with van der Waals surface area (Å²) in [6.45, 7) is 1.65. The number of hydrogen-bond acceptors (Lipinski definition) is 5. The molecule has 1 heterocycles. The van der Waals surface area contributed by atoms with Crippen LogP contribution in [0.1, 0.15) is 11.3 Å². The van der Waals surface area contributed by atoms with Crippen LogP contribution in [0.2, 0.25) is 0 Å². The number of anilines is 1. The van der Waals surface area contributed by atoms with Crippen LogP contribution in [0.5, 0.6) is 0 Å². The van der Waals surface area contributed by atoms with E-state index < -0.39 is 10.8 Å². The van der Waals surface area contributed by atoms with Gasteiger partial charge in [-0.3, -0.25) is 14.9 Å². The molecule has 8 heteroatoms. The maximum Gasteiger partial charge on any atom is 0.273 e. The van der Waals surface area contributed by atoms with Gasteiger partial charge in [0.05, 0.1) is 4.92 Å². The molecule has 0 aliphatic carbocycles. The molecule has 0 fully saturated rings. The second kappa shape index (κ2) is 8.54. The van der Waals surface area contributed by atoms with Crippen LogP contribution in [0.25, 0.3) is 17.4 Å². The number of rotatable bonds is 5. The first kappa shape index (κ1) is 20.0. The Kier molecular flexibility index (Phi) is 5.90. The lowest BCUT2D eigenvalue weighted by Gasteiger charge is -2.04. The first-order valence-electron chi connectivity index (χ1n) is 8.41. The van der Waals surface area contributed by atoms with Crippen molar-refractivity contribution in [3.05, 3.63) is 86.1 Å². The molecule has 0 saturated heterocycles. The summed E-state index contributed by atoms with van der Waals surface area (Å²) in [5, 5.41) is 23.1. The summed E-state index contributed by atoms with van der Waals surface area (Å²) in [5.74, 6) is 0.106. The van der Waals surface area contributed by atoms with Crippen molar-refractivity contribution in [3.8, 4) is 17.4 Å². The number of nitrogens with zero attached hydrogens (tertiary/aromatic N) is 2. The van der Waals surface area contributed by atoms with Crippen molar-refractivity contribution in [2.45, 2.75) is 6.92 Å². The predicted octanol–water partition coefficient (Wildman–Crippen LogP) is 5.47. The lowest BCUT2D eigenvalue weighted by Crippen LogP contribution is -2.13. The maximum atomic E-state index is 12.3. The minimum atomic E-state index is -0.571. The van der Waals surface area contributed by atoms with Crippen molar-refractivity contribution in [2.75, 3.05) is 5.32 Å². The highest BCUT2D eigenvalue weighted by molar-refractivity contribution is 9.10. The van der Waals surface area contributed by atoms with Gasteiger partial charge in [-0.15, -0.1) is 0 Å². The fourth-order valence-corrected chi connectivity index (χ4v) is 2.83. The molecule has 3 aromatic rings. The molecule has 2 aromatic carbocycles. The van der Waals surface area contributed by atoms with Gasteiger partial charge >= 0.3 is 0 Å². The molecule has 0 radical (unpaired) electrons. The first-order chi connectivity index (χ1) is 13.9. The summed E-state index contributed by atoms with van der Waals surface area (Å²) in [6.07, 6.45) is 1.32. The molecule has 1 N–H and O–H groups in total. The number of hydrogen-bond donors (Lipinski definition) is 1. The summed E-state index contributed by atoms with van der Waals surface area (Å²) >= 11 is 3.31. The van der Waals surface area contributed by atoms with E-state index >= 15 is 0 Å². The molecule has 144 valence electrons. The zero-order valence-electron chi connectivity index (χ0n) is 15.2. The Hall–Kier alpha value is -3.70. The highest BCUT2D eigenvalue weighted by Crippen LogP contribution is 2.29. The number of aryl methyl sites for hydroxylation is 1. The summed E-state index contributed by atoms with van der Waals surface area (Å²) in [7, 11) is 0. The van der Waals surface area contributed by atoms with E-state index in [1.165, 1.54) is 12.1 Å². The van der Waals surface area contributed by atoms with E-state index in [1.54, 1.807) is 55.5 Å². The number of nitro benzene ring substituents is 1. The number of carbonyl (C=O) groups is 1. The van der Waals surface area contributed by atoms with E-state index in [0.717, 1.165) is 4.47 Å². The van der Waals surface area contributed by atoms with Crippen LogP contribution in [0.3, 0.4) is 0 Å². The highest BCUT2D eigenvalue weighted by Gasteiger charge is 2.15. The molecule has 0 bridgehead atoms. The number of carbonyl (C=O) groups excluding carboxylic acids is 1. The Morgan fingerprint density at radius 3 is 2.59 bits per heavy atom. The van der Waals surface area contributed by atoms with Gasteiger partial charge in [0.2, 0.25) is 0 Å². The maximum absolute atomic E-state index is 12.3. The SMILES string of the molecule is Cc1ccc(-c2ccc(/C=C(/C#N)C(=O)Nc3ccc(Br)cc3)o2)cc1[N+](=O)[O-]. The van der Waals surface area contributed by atoms with Crippen molar-refractivity contribution in [1.82, 2.24) is 0 Å². The number of amides is 1. The van der Waals surface area contributed by atoms with Gasteiger partial charge in [0.25, 0.3) is 11.6 Å². The molecule has 0 unspecified atom stereocenters. The van der Waals surface area contributed by atoms with Gasteiger partial charge in [-0.1, -0.05) is 28.1 Å². The Labute approximate surface area is 174 Å². The van der Waals surface area contributed by atoms with Crippen LogP contribution in [-0.2, 0) is 4.79 Å². The molecule has 7 nitrogen and oxygen atoms in total. The molecular weight excluding hydrogens is 438 g/mol. The number of furan rings is 1. The number of halogens is 1. The first-order valence-corrected chi connectivity index (χ1v) is 9.20. The van der Waals surface area contributed by atoms with E-state index in [-0.39, 0.29) is 17.0 Å². The zero-order valence-corrected chi connectivity index (χ0v) is 16.8. The van der Waals surface area contributed by atoms with Crippen molar-refractivity contribution < 1.29 is 14.1 Å². The van der Waals surface area contributed by atoms with Crippen LogP contribution in [-0.4, -0.2) is 10.8 Å². The van der Waals surface area contributed by atoms with Crippen LogP contribution in [0, 0.1) is 28.4 Å². The van der Waals surface area contributed by atoms with E-state index in [9.17, 15) is 20.2 Å². The summed E-state index contributed by atoms with van der Waals surface area (Å²) in [4.78, 5) is 23.0. The van der Waals surface area contributed by atoms with Gasteiger partial charge < -0.3 is 9.73 Å². The van der Waals surface area contributed by atoms with Crippen molar-refractivity contribution in [2.24, 2.45) is 0 Å². The molecule has 1 aromatic heterocycles. The predicted molar refractivity (Wildman–Crippen MR) is 112 cm³/mol. The van der Waals surface area contributed by atoms with E-state index in [1.807, 2.05) is 6.07 Å². The molecule has 0 spiro atoms. The second-order valence-corrected chi connectivity index (χ2v) is 7.01. The minimum Gasteiger partial charge on any atom is -0.457 e. The topological polar surface area (TPSA) is 109 Å². The van der Waals surface area contributed by atoms with Gasteiger partial charge in [-0.05, 0) is 43.3 Å². The summed E-state index contributed by atoms with van der Waals surface area (Å²) in [6, 6.07) is 16.8. The average molecular weight is 452 g/mol. The van der Waals surface area contributed by atoms with E-state index in [4.69, 9.17) is 4.42 Å². The van der Waals surface area contributed by atoms with E-state index in [2.05, 4.69) is 21.2 Å². The van der Waals surface area contributed by atoms with Crippen molar-refractivity contribution >= 4 is 39.3 Å². The Bertz CT molecular complexity index is 1160. The fourth-order valence-electron chi connectivity index (χ4n) is 2.57. The van der Waals surface area contributed by atoms with Crippen molar-refractivity contribution in [1.29, 1.82) is 5.26 Å². The lowest BCUT2D eigenvalue weighted by atomic mass is 10.1. The Balaban J connectivity index is 1.83. The standard InChI is InChI=1S/C21H14BrN3O4/c1-13-2-3-14(11-19(13)25(27)28)20-9-8-18(29-20)10-15(12-23)21(26)24-17-6-4-16(22)5-7-17/h2-11H,1H3,(H,24,26)/b15-10-. The Morgan fingerprint density at radius 1 is 1.21 bits per heavy atom. The average Bonchev–Trinajstić information content (AvgIpc) is 3.16. The second-order valence-electron chi connectivity index (χ2n) is 6.09. The molecule has 0 atom stereocenters. The number of nitrogens with one attached hydrogen (secondary N) is 1. The molecular formula is C21H14BrN3O4. The van der Waals surface area contributed by atoms with Crippen LogP contribution >= 0.6 is 15.9 Å². The number of benzene rings is 2. The van der Waals surface area contributed by atoms with E-state index in [0.29, 0.717) is 22.6 Å². The van der Waals surface area contributed by atoms with Crippen LogP contribution in [0.4, 0.5) is 11.4 Å².